The molecule has 1 aliphatic rings. The van der Waals surface area contributed by atoms with Crippen LogP contribution in [0.15, 0.2) is 24.3 Å². The molecule has 3 nitrogen and oxygen atoms in total. The van der Waals surface area contributed by atoms with Gasteiger partial charge in [-0.25, -0.2) is 0 Å². The summed E-state index contributed by atoms with van der Waals surface area (Å²) < 4.78 is 0. The van der Waals surface area contributed by atoms with Gasteiger partial charge < -0.3 is 10.6 Å². The van der Waals surface area contributed by atoms with Gasteiger partial charge in [0.25, 0.3) is 5.91 Å². The minimum atomic E-state index is 0.0465. The van der Waals surface area contributed by atoms with E-state index in [2.05, 4.69) is 16.9 Å². The number of carbonyl (C=O) groups is 1. The maximum absolute atomic E-state index is 11.9. The monoisotopic (exact) mass is 264 g/mol. The molecule has 1 fully saturated rings. The molecule has 18 heavy (non-hydrogen) atoms. The maximum atomic E-state index is 11.9. The molecule has 0 saturated heterocycles. The molecule has 1 aromatic rings. The maximum Gasteiger partial charge on any atom is 0.251 e. The van der Waals surface area contributed by atoms with Gasteiger partial charge in [0.05, 0.1) is 0 Å². The van der Waals surface area contributed by atoms with Crippen molar-refractivity contribution in [1.82, 2.24) is 5.32 Å². The molecule has 0 heterocycles. The predicted octanol–water partition coefficient (Wildman–Crippen LogP) is 2.74. The van der Waals surface area contributed by atoms with Gasteiger partial charge >= 0.3 is 0 Å². The molecular weight excluding hydrogens is 244 g/mol. The second-order valence-electron chi connectivity index (χ2n) is 4.60. The van der Waals surface area contributed by atoms with E-state index in [0.29, 0.717) is 6.04 Å². The Morgan fingerprint density at radius 2 is 2.28 bits per heavy atom. The number of carbonyl (C=O) groups excluding carboxylic acids is 1. The average molecular weight is 264 g/mol. The Morgan fingerprint density at radius 3 is 3.00 bits per heavy atom. The summed E-state index contributed by atoms with van der Waals surface area (Å²) in [5.74, 6) is 1.21. The van der Waals surface area contributed by atoms with E-state index in [1.807, 2.05) is 36.0 Å². The molecule has 0 bridgehead atoms. The third-order valence-electron chi connectivity index (χ3n) is 2.89. The Kier molecular flexibility index (Phi) is 4.93. The van der Waals surface area contributed by atoms with Crippen molar-refractivity contribution in [3.05, 3.63) is 29.8 Å². The highest BCUT2D eigenvalue weighted by molar-refractivity contribution is 7.98. The molecule has 1 saturated carbocycles. The first-order valence-corrected chi connectivity index (χ1v) is 7.82. The number of anilines is 1. The van der Waals surface area contributed by atoms with Crippen molar-refractivity contribution < 1.29 is 4.79 Å². The van der Waals surface area contributed by atoms with Gasteiger partial charge in [-0.1, -0.05) is 6.07 Å². The molecule has 1 aromatic carbocycles. The van der Waals surface area contributed by atoms with Crippen molar-refractivity contribution >= 4 is 23.4 Å². The zero-order valence-electron chi connectivity index (χ0n) is 10.7. The summed E-state index contributed by atoms with van der Waals surface area (Å²) in [7, 11) is 0. The SMILES string of the molecule is CSCCCNc1cccc(C(=O)NC2CC2)c1. The van der Waals surface area contributed by atoms with Gasteiger partial charge in [0.15, 0.2) is 0 Å². The lowest BCUT2D eigenvalue weighted by molar-refractivity contribution is 0.0951. The summed E-state index contributed by atoms with van der Waals surface area (Å²) in [6.45, 7) is 0.953. The van der Waals surface area contributed by atoms with Crippen molar-refractivity contribution in [2.75, 3.05) is 23.9 Å². The molecule has 2 rings (SSSR count). The third-order valence-corrected chi connectivity index (χ3v) is 3.59. The Morgan fingerprint density at radius 1 is 1.44 bits per heavy atom. The van der Waals surface area contributed by atoms with Crippen LogP contribution < -0.4 is 10.6 Å². The van der Waals surface area contributed by atoms with Crippen molar-refractivity contribution in [3.8, 4) is 0 Å². The molecule has 0 aromatic heterocycles. The summed E-state index contributed by atoms with van der Waals surface area (Å²) in [6.07, 6.45) is 5.50. The van der Waals surface area contributed by atoms with Crippen molar-refractivity contribution in [2.45, 2.75) is 25.3 Å². The van der Waals surface area contributed by atoms with Crippen LogP contribution in [0.1, 0.15) is 29.6 Å². The largest absolute Gasteiger partial charge is 0.385 e. The van der Waals surface area contributed by atoms with E-state index in [0.717, 1.165) is 42.8 Å². The van der Waals surface area contributed by atoms with E-state index < -0.39 is 0 Å². The van der Waals surface area contributed by atoms with Gasteiger partial charge in [0, 0.05) is 23.8 Å². The van der Waals surface area contributed by atoms with Crippen LogP contribution in [0, 0.1) is 0 Å². The minimum Gasteiger partial charge on any atom is -0.385 e. The number of amides is 1. The summed E-state index contributed by atoms with van der Waals surface area (Å²) >= 11 is 1.85. The first kappa shape index (κ1) is 13.3. The highest BCUT2D eigenvalue weighted by atomic mass is 32.2. The van der Waals surface area contributed by atoms with Crippen molar-refractivity contribution in [1.29, 1.82) is 0 Å². The van der Waals surface area contributed by atoms with E-state index in [1.54, 1.807) is 0 Å². The molecule has 4 heteroatoms. The second kappa shape index (κ2) is 6.69. The molecule has 98 valence electrons. The fourth-order valence-corrected chi connectivity index (χ4v) is 2.15. The smallest absolute Gasteiger partial charge is 0.251 e. The van der Waals surface area contributed by atoms with Gasteiger partial charge in [-0.3, -0.25) is 4.79 Å². The molecule has 1 amide bonds. The summed E-state index contributed by atoms with van der Waals surface area (Å²) in [5.41, 5.74) is 1.77. The lowest BCUT2D eigenvalue weighted by Gasteiger charge is -2.08. The molecule has 1 aliphatic carbocycles. The van der Waals surface area contributed by atoms with Crippen LogP contribution in [0.4, 0.5) is 5.69 Å². The van der Waals surface area contributed by atoms with E-state index in [-0.39, 0.29) is 5.91 Å². The quantitative estimate of drug-likeness (QED) is 0.744. The van der Waals surface area contributed by atoms with Crippen LogP contribution in [0.2, 0.25) is 0 Å². The van der Waals surface area contributed by atoms with Crippen LogP contribution in [-0.2, 0) is 0 Å². The highest BCUT2D eigenvalue weighted by Crippen LogP contribution is 2.20. The standard InChI is InChI=1S/C14H20N2OS/c1-18-9-3-8-15-13-5-2-4-11(10-13)14(17)16-12-6-7-12/h2,4-5,10,12,15H,3,6-9H2,1H3,(H,16,17). The van der Waals surface area contributed by atoms with Crippen molar-refractivity contribution in [2.24, 2.45) is 0 Å². The molecule has 0 atom stereocenters. The number of hydrogen-bond donors (Lipinski definition) is 2. The van der Waals surface area contributed by atoms with E-state index in [1.165, 1.54) is 0 Å². The summed E-state index contributed by atoms with van der Waals surface area (Å²) in [4.78, 5) is 11.9. The minimum absolute atomic E-state index is 0.0465. The van der Waals surface area contributed by atoms with Gasteiger partial charge in [-0.05, 0) is 49.5 Å². The Hall–Kier alpha value is -1.16. The van der Waals surface area contributed by atoms with E-state index in [9.17, 15) is 4.79 Å². The summed E-state index contributed by atoms with van der Waals surface area (Å²) in [5, 5.41) is 6.35. The normalized spacial score (nSPS) is 14.3. The van der Waals surface area contributed by atoms with E-state index in [4.69, 9.17) is 0 Å². The molecule has 0 radical (unpaired) electrons. The second-order valence-corrected chi connectivity index (χ2v) is 5.59. The molecule has 2 N–H and O–H groups in total. The number of benzene rings is 1. The van der Waals surface area contributed by atoms with Crippen LogP contribution >= 0.6 is 11.8 Å². The van der Waals surface area contributed by atoms with Crippen molar-refractivity contribution in [3.63, 3.8) is 0 Å². The van der Waals surface area contributed by atoms with E-state index >= 15 is 0 Å². The van der Waals surface area contributed by atoms with Crippen LogP contribution in [0.5, 0.6) is 0 Å². The highest BCUT2D eigenvalue weighted by Gasteiger charge is 2.23. The third kappa shape index (κ3) is 4.26. The zero-order chi connectivity index (χ0) is 12.8. The van der Waals surface area contributed by atoms with Gasteiger partial charge in [0.2, 0.25) is 0 Å². The fourth-order valence-electron chi connectivity index (χ4n) is 1.72. The summed E-state index contributed by atoms with van der Waals surface area (Å²) in [6, 6.07) is 8.14. The topological polar surface area (TPSA) is 41.1 Å². The Labute approximate surface area is 113 Å². The molecule has 0 spiro atoms. The number of nitrogens with one attached hydrogen (secondary N) is 2. The number of thioether (sulfide) groups is 1. The van der Waals surface area contributed by atoms with Crippen LogP contribution in [0.25, 0.3) is 0 Å². The lowest BCUT2D eigenvalue weighted by atomic mass is 10.2. The Balaban J connectivity index is 1.85. The van der Waals surface area contributed by atoms with Gasteiger partial charge in [-0.2, -0.15) is 11.8 Å². The van der Waals surface area contributed by atoms with Gasteiger partial charge in [-0.15, -0.1) is 0 Å². The fraction of sp³-hybridized carbons (Fsp3) is 0.500. The number of hydrogen-bond acceptors (Lipinski definition) is 3. The molecule has 0 unspecified atom stereocenters. The zero-order valence-corrected chi connectivity index (χ0v) is 11.6. The average Bonchev–Trinajstić information content (AvgIpc) is 3.19. The Bertz CT molecular complexity index is 405. The first-order valence-electron chi connectivity index (χ1n) is 6.43. The first-order chi connectivity index (χ1) is 8.79. The van der Waals surface area contributed by atoms with Crippen LogP contribution in [0.3, 0.4) is 0 Å². The number of rotatable bonds is 7. The van der Waals surface area contributed by atoms with Crippen LogP contribution in [-0.4, -0.2) is 30.5 Å². The van der Waals surface area contributed by atoms with Gasteiger partial charge in [0.1, 0.15) is 0 Å². The molecular formula is C14H20N2OS. The lowest BCUT2D eigenvalue weighted by Crippen LogP contribution is -2.25. The molecule has 0 aliphatic heterocycles. The predicted molar refractivity (Wildman–Crippen MR) is 78.4 cm³/mol.